The molecule has 2 aromatic rings. The molecule has 0 amide bonds. The zero-order valence-corrected chi connectivity index (χ0v) is 9.84. The highest BCUT2D eigenvalue weighted by atomic mass is 16.5. The number of hydrogen-bond donors (Lipinski definition) is 2. The first-order valence-electron chi connectivity index (χ1n) is 5.61. The van der Waals surface area contributed by atoms with Gasteiger partial charge in [-0.15, -0.1) is 0 Å². The molecule has 0 atom stereocenters. The van der Waals surface area contributed by atoms with Crippen LogP contribution >= 0.6 is 0 Å². The van der Waals surface area contributed by atoms with E-state index in [4.69, 9.17) is 16.3 Å². The summed E-state index contributed by atoms with van der Waals surface area (Å²) in [5.74, 6) is 7.04. The first kappa shape index (κ1) is 11.3. The van der Waals surface area contributed by atoms with Gasteiger partial charge in [0.25, 0.3) is 5.82 Å². The quantitative estimate of drug-likeness (QED) is 0.617. The van der Waals surface area contributed by atoms with Crippen molar-refractivity contribution in [2.45, 2.75) is 19.9 Å². The number of para-hydroxylation sites is 1. The molecule has 0 aliphatic carbocycles. The van der Waals surface area contributed by atoms with Crippen LogP contribution in [0.15, 0.2) is 36.5 Å². The number of aryl methyl sites for hydroxylation is 1. The minimum absolute atomic E-state index is 0.476. The van der Waals surface area contributed by atoms with Crippen molar-refractivity contribution in [3.63, 3.8) is 0 Å². The second-order valence-corrected chi connectivity index (χ2v) is 3.82. The van der Waals surface area contributed by atoms with Crippen molar-refractivity contribution < 1.29 is 9.30 Å². The molecule has 4 N–H and O–H groups in total. The molecule has 5 nitrogen and oxygen atoms in total. The fourth-order valence-electron chi connectivity index (χ4n) is 1.63. The molecule has 0 spiro atoms. The maximum absolute atomic E-state index is 5.83. The number of benzene rings is 1. The highest BCUT2D eigenvalue weighted by molar-refractivity contribution is 5.29. The van der Waals surface area contributed by atoms with E-state index in [0.29, 0.717) is 11.8 Å². The minimum Gasteiger partial charge on any atom is -0.390 e. The molecule has 0 unspecified atom stereocenters. The molecular weight excluding hydrogens is 216 g/mol. The lowest BCUT2D eigenvalue weighted by Gasteiger charge is -2.02. The summed E-state index contributed by atoms with van der Waals surface area (Å²) >= 11 is 0. The van der Waals surface area contributed by atoms with Crippen molar-refractivity contribution in [2.24, 2.45) is 0 Å². The summed E-state index contributed by atoms with van der Waals surface area (Å²) in [6, 6.07) is 10.0. The lowest BCUT2D eigenvalue weighted by atomic mass is 10.3. The van der Waals surface area contributed by atoms with Crippen LogP contribution in [0.25, 0.3) is 0 Å². The summed E-state index contributed by atoms with van der Waals surface area (Å²) in [5.41, 5.74) is 5.76. The number of nitrogens with two attached hydrogens (primary N) is 2. The van der Waals surface area contributed by atoms with Crippen LogP contribution in [-0.4, -0.2) is 4.68 Å². The first-order chi connectivity index (χ1) is 8.22. The Kier molecular flexibility index (Phi) is 3.18. The number of nitrogens with zero attached hydrogens (tertiary/aromatic N) is 2. The van der Waals surface area contributed by atoms with E-state index in [-0.39, 0.29) is 0 Å². The largest absolute Gasteiger partial charge is 0.487 e. The van der Waals surface area contributed by atoms with E-state index in [2.05, 4.69) is 6.92 Å². The van der Waals surface area contributed by atoms with Crippen molar-refractivity contribution in [2.75, 3.05) is 11.6 Å². The summed E-state index contributed by atoms with van der Waals surface area (Å²) in [5, 5.41) is 0. The highest BCUT2D eigenvalue weighted by Crippen LogP contribution is 2.18. The molecule has 0 bridgehead atoms. The van der Waals surface area contributed by atoms with Gasteiger partial charge in [-0.05, 0) is 18.6 Å². The topological polar surface area (TPSA) is 70.1 Å². The van der Waals surface area contributed by atoms with Crippen LogP contribution in [0.4, 0.5) is 5.82 Å². The van der Waals surface area contributed by atoms with Gasteiger partial charge in [-0.1, -0.05) is 29.8 Å². The van der Waals surface area contributed by atoms with Gasteiger partial charge in [0.1, 0.15) is 5.75 Å². The van der Waals surface area contributed by atoms with Crippen molar-refractivity contribution in [3.8, 4) is 11.8 Å². The van der Waals surface area contributed by atoms with Gasteiger partial charge in [-0.25, -0.2) is 0 Å². The number of nitrogen functional groups attached to an aromatic ring is 2. The second kappa shape index (κ2) is 4.78. The lowest BCUT2D eigenvalue weighted by molar-refractivity contribution is -0.699. The van der Waals surface area contributed by atoms with Crippen molar-refractivity contribution in [1.82, 2.24) is 4.68 Å². The SMILES string of the molecule is CCC[n+]1cc(N)n(N)c1Oc1ccccc1. The smallest absolute Gasteiger partial charge is 0.390 e. The molecule has 1 aromatic carbocycles. The second-order valence-electron chi connectivity index (χ2n) is 3.82. The molecule has 0 aliphatic rings. The molecule has 0 saturated heterocycles. The summed E-state index contributed by atoms with van der Waals surface area (Å²) in [6.45, 7) is 2.90. The average molecular weight is 233 g/mol. The van der Waals surface area contributed by atoms with Crippen molar-refractivity contribution >= 4 is 5.82 Å². The molecule has 0 saturated carbocycles. The summed E-state index contributed by atoms with van der Waals surface area (Å²) in [7, 11) is 0. The summed E-state index contributed by atoms with van der Waals surface area (Å²) in [6.07, 6.45) is 2.76. The highest BCUT2D eigenvalue weighted by Gasteiger charge is 2.22. The fourth-order valence-corrected chi connectivity index (χ4v) is 1.63. The number of aromatic nitrogens is 2. The molecular formula is C12H17N4O+. The van der Waals surface area contributed by atoms with E-state index in [1.807, 2.05) is 34.9 Å². The number of anilines is 1. The third kappa shape index (κ3) is 2.33. The Bertz CT molecular complexity index is 493. The van der Waals surface area contributed by atoms with Crippen LogP contribution in [0.1, 0.15) is 13.3 Å². The maximum atomic E-state index is 5.83. The van der Waals surface area contributed by atoms with Gasteiger partial charge >= 0.3 is 6.01 Å². The van der Waals surface area contributed by atoms with E-state index in [9.17, 15) is 0 Å². The van der Waals surface area contributed by atoms with Gasteiger partial charge in [0.05, 0.1) is 6.54 Å². The fraction of sp³-hybridized carbons (Fsp3) is 0.250. The molecule has 0 fully saturated rings. The molecule has 0 aliphatic heterocycles. The van der Waals surface area contributed by atoms with Crippen LogP contribution in [-0.2, 0) is 6.54 Å². The van der Waals surface area contributed by atoms with Crippen LogP contribution < -0.4 is 20.9 Å². The molecule has 1 heterocycles. The first-order valence-corrected chi connectivity index (χ1v) is 5.61. The van der Waals surface area contributed by atoms with Gasteiger partial charge in [0, 0.05) is 0 Å². The predicted molar refractivity (Wildman–Crippen MR) is 66.0 cm³/mol. The van der Waals surface area contributed by atoms with E-state index in [1.165, 1.54) is 4.68 Å². The standard InChI is InChI=1S/C12H17N4O/c1-2-8-15-9-11(13)16(14)12(15)17-10-6-4-3-5-7-10/h3-7,9H,2,8,13-14H2,1H3/q+1. The number of hydrogen-bond acceptors (Lipinski definition) is 3. The van der Waals surface area contributed by atoms with E-state index in [0.717, 1.165) is 18.7 Å². The third-order valence-electron chi connectivity index (χ3n) is 2.43. The van der Waals surface area contributed by atoms with Gasteiger partial charge in [-0.3, -0.25) is 5.84 Å². The van der Waals surface area contributed by atoms with Crippen molar-refractivity contribution in [3.05, 3.63) is 36.5 Å². The van der Waals surface area contributed by atoms with Gasteiger partial charge in [-0.2, -0.15) is 4.57 Å². The zero-order chi connectivity index (χ0) is 12.3. The van der Waals surface area contributed by atoms with Crippen LogP contribution in [0.5, 0.6) is 11.8 Å². The number of rotatable bonds is 4. The Morgan fingerprint density at radius 2 is 2.00 bits per heavy atom. The third-order valence-corrected chi connectivity index (χ3v) is 2.43. The summed E-state index contributed by atoms with van der Waals surface area (Å²) in [4.78, 5) is 0. The zero-order valence-electron chi connectivity index (χ0n) is 9.84. The van der Waals surface area contributed by atoms with E-state index in [1.54, 1.807) is 6.20 Å². The normalized spacial score (nSPS) is 10.4. The molecule has 1 aromatic heterocycles. The predicted octanol–water partition coefficient (Wildman–Crippen LogP) is 1.27. The van der Waals surface area contributed by atoms with Crippen LogP contribution in [0.2, 0.25) is 0 Å². The van der Waals surface area contributed by atoms with Crippen LogP contribution in [0, 0.1) is 0 Å². The van der Waals surface area contributed by atoms with Gasteiger partial charge in [0.2, 0.25) is 0 Å². The molecule has 5 heteroatoms. The van der Waals surface area contributed by atoms with E-state index < -0.39 is 0 Å². The minimum atomic E-state index is 0.476. The Balaban J connectivity index is 2.31. The summed E-state index contributed by atoms with van der Waals surface area (Å²) < 4.78 is 8.99. The van der Waals surface area contributed by atoms with Gasteiger partial charge < -0.3 is 10.5 Å². The van der Waals surface area contributed by atoms with Gasteiger partial charge in [0.15, 0.2) is 6.20 Å². The molecule has 2 rings (SSSR count). The lowest BCUT2D eigenvalue weighted by Crippen LogP contribution is -2.34. The van der Waals surface area contributed by atoms with Crippen molar-refractivity contribution in [1.29, 1.82) is 0 Å². The monoisotopic (exact) mass is 233 g/mol. The molecule has 0 radical (unpaired) electrons. The Morgan fingerprint density at radius 1 is 1.29 bits per heavy atom. The number of imidazole rings is 1. The molecule has 17 heavy (non-hydrogen) atoms. The average Bonchev–Trinajstić information content (AvgIpc) is 2.59. The Labute approximate surface area is 100 Å². The van der Waals surface area contributed by atoms with Crippen LogP contribution in [0.3, 0.4) is 0 Å². The Morgan fingerprint density at radius 3 is 2.65 bits per heavy atom. The maximum Gasteiger partial charge on any atom is 0.487 e. The van der Waals surface area contributed by atoms with E-state index >= 15 is 0 Å². The Hall–Kier alpha value is -2.17. The number of ether oxygens (including phenoxy) is 1. The molecule has 90 valence electrons.